The molecule has 3 rings (SSSR count). The SMILES string of the molecule is OCCCC[C@@H]1Nc2c(Cl)ccc(Cl)c2[C@@H]2OCCC[C@@H]12. The molecule has 1 aromatic rings. The molecule has 3 nitrogen and oxygen atoms in total. The molecular weight excluding hydrogens is 309 g/mol. The Labute approximate surface area is 135 Å². The molecule has 0 aromatic heterocycles. The molecule has 2 heterocycles. The Kier molecular flexibility index (Phi) is 4.95. The average molecular weight is 330 g/mol. The fourth-order valence-electron chi connectivity index (χ4n) is 3.56. The van der Waals surface area contributed by atoms with E-state index < -0.39 is 0 Å². The number of hydrogen-bond acceptors (Lipinski definition) is 3. The molecule has 0 amide bonds. The van der Waals surface area contributed by atoms with Crippen LogP contribution < -0.4 is 5.32 Å². The summed E-state index contributed by atoms with van der Waals surface area (Å²) in [4.78, 5) is 0. The lowest BCUT2D eigenvalue weighted by atomic mass is 9.78. The zero-order chi connectivity index (χ0) is 14.8. The molecular formula is C16H21Cl2NO2. The van der Waals surface area contributed by atoms with Crippen LogP contribution in [0.1, 0.15) is 43.8 Å². The highest BCUT2D eigenvalue weighted by Crippen LogP contribution is 2.49. The Balaban J connectivity index is 1.91. The molecule has 21 heavy (non-hydrogen) atoms. The van der Waals surface area contributed by atoms with Crippen LogP contribution in [0.4, 0.5) is 5.69 Å². The van der Waals surface area contributed by atoms with Crippen molar-refractivity contribution in [3.8, 4) is 0 Å². The Morgan fingerprint density at radius 2 is 2.05 bits per heavy atom. The molecule has 1 aromatic carbocycles. The van der Waals surface area contributed by atoms with Gasteiger partial charge in [-0.1, -0.05) is 23.2 Å². The van der Waals surface area contributed by atoms with Crippen LogP contribution >= 0.6 is 23.2 Å². The van der Waals surface area contributed by atoms with Crippen LogP contribution in [0.3, 0.4) is 0 Å². The number of aliphatic hydroxyl groups excluding tert-OH is 1. The van der Waals surface area contributed by atoms with Gasteiger partial charge in [-0.2, -0.15) is 0 Å². The van der Waals surface area contributed by atoms with E-state index >= 15 is 0 Å². The first-order valence-corrected chi connectivity index (χ1v) is 8.45. The van der Waals surface area contributed by atoms with Crippen molar-refractivity contribution in [1.82, 2.24) is 0 Å². The quantitative estimate of drug-likeness (QED) is 0.803. The highest BCUT2D eigenvalue weighted by molar-refractivity contribution is 6.36. The monoisotopic (exact) mass is 329 g/mol. The van der Waals surface area contributed by atoms with Crippen LogP contribution in [0, 0.1) is 5.92 Å². The standard InChI is InChI=1S/C16H21Cl2NO2/c17-11-6-7-12(18)15-14(11)16-10(4-3-9-21-16)13(19-15)5-1-2-8-20/h6-7,10,13,16,19-20H,1-5,8-9H2/t10-,13-,16+/m0/s1. The Hall–Kier alpha value is -0.480. The van der Waals surface area contributed by atoms with Gasteiger partial charge < -0.3 is 15.2 Å². The van der Waals surface area contributed by atoms with Crippen molar-refractivity contribution in [2.45, 2.75) is 44.2 Å². The van der Waals surface area contributed by atoms with Gasteiger partial charge in [-0.05, 0) is 44.2 Å². The number of hydrogen-bond donors (Lipinski definition) is 2. The summed E-state index contributed by atoms with van der Waals surface area (Å²) in [5.41, 5.74) is 1.95. The zero-order valence-corrected chi connectivity index (χ0v) is 13.5. The number of aliphatic hydroxyl groups is 1. The topological polar surface area (TPSA) is 41.5 Å². The van der Waals surface area contributed by atoms with Gasteiger partial charge >= 0.3 is 0 Å². The maximum absolute atomic E-state index is 8.98. The van der Waals surface area contributed by atoms with E-state index in [4.69, 9.17) is 33.0 Å². The summed E-state index contributed by atoms with van der Waals surface area (Å²) in [6, 6.07) is 4.03. The third-order valence-corrected chi connectivity index (χ3v) is 5.21. The molecule has 1 saturated heterocycles. The number of fused-ring (bicyclic) bond motifs is 3. The van der Waals surface area contributed by atoms with Gasteiger partial charge in [0.25, 0.3) is 0 Å². The van der Waals surface area contributed by atoms with Crippen molar-refractivity contribution in [1.29, 1.82) is 0 Å². The van der Waals surface area contributed by atoms with Gasteiger partial charge in [-0.3, -0.25) is 0 Å². The molecule has 0 spiro atoms. The summed E-state index contributed by atoms with van der Waals surface area (Å²) in [6.07, 6.45) is 5.14. The summed E-state index contributed by atoms with van der Waals surface area (Å²) >= 11 is 12.8. The van der Waals surface area contributed by atoms with Gasteiger partial charge in [0.2, 0.25) is 0 Å². The second-order valence-corrected chi connectivity index (χ2v) is 6.70. The molecule has 116 valence electrons. The van der Waals surface area contributed by atoms with Gasteiger partial charge in [-0.15, -0.1) is 0 Å². The summed E-state index contributed by atoms with van der Waals surface area (Å²) in [5.74, 6) is 0.431. The lowest BCUT2D eigenvalue weighted by Crippen LogP contribution is -2.41. The van der Waals surface area contributed by atoms with Gasteiger partial charge in [-0.25, -0.2) is 0 Å². The van der Waals surface area contributed by atoms with E-state index in [1.807, 2.05) is 12.1 Å². The molecule has 3 atom stereocenters. The van der Waals surface area contributed by atoms with Gasteiger partial charge in [0.15, 0.2) is 0 Å². The van der Waals surface area contributed by atoms with Crippen LogP contribution in [0.15, 0.2) is 12.1 Å². The number of benzene rings is 1. The van der Waals surface area contributed by atoms with Crippen LogP contribution in [0.2, 0.25) is 10.0 Å². The number of ether oxygens (including phenoxy) is 1. The van der Waals surface area contributed by atoms with Gasteiger partial charge in [0, 0.05) is 35.8 Å². The summed E-state index contributed by atoms with van der Waals surface area (Å²) in [5, 5.41) is 14.0. The fraction of sp³-hybridized carbons (Fsp3) is 0.625. The maximum atomic E-state index is 8.98. The van der Waals surface area contributed by atoms with Crippen molar-refractivity contribution in [3.05, 3.63) is 27.7 Å². The van der Waals surface area contributed by atoms with E-state index in [9.17, 15) is 0 Å². The van der Waals surface area contributed by atoms with E-state index in [-0.39, 0.29) is 12.7 Å². The predicted octanol–water partition coefficient (Wildman–Crippen LogP) is 4.42. The van der Waals surface area contributed by atoms with E-state index in [0.29, 0.717) is 17.0 Å². The first-order valence-electron chi connectivity index (χ1n) is 7.69. The van der Waals surface area contributed by atoms with Crippen LogP contribution in [0.5, 0.6) is 0 Å². The second kappa shape index (κ2) is 6.74. The van der Waals surface area contributed by atoms with Crippen molar-refractivity contribution in [3.63, 3.8) is 0 Å². The molecule has 2 N–H and O–H groups in total. The van der Waals surface area contributed by atoms with Crippen molar-refractivity contribution >= 4 is 28.9 Å². The minimum Gasteiger partial charge on any atom is -0.396 e. The maximum Gasteiger partial charge on any atom is 0.0907 e. The first kappa shape index (κ1) is 15.4. The van der Waals surface area contributed by atoms with E-state index in [0.717, 1.165) is 55.0 Å². The number of halogens is 2. The predicted molar refractivity (Wildman–Crippen MR) is 86.2 cm³/mol. The van der Waals surface area contributed by atoms with Crippen LogP contribution in [-0.2, 0) is 4.74 Å². The average Bonchev–Trinajstić information content (AvgIpc) is 2.51. The number of anilines is 1. The number of rotatable bonds is 4. The molecule has 5 heteroatoms. The molecule has 0 unspecified atom stereocenters. The smallest absolute Gasteiger partial charge is 0.0907 e. The summed E-state index contributed by atoms with van der Waals surface area (Å²) in [7, 11) is 0. The molecule has 0 aliphatic carbocycles. The summed E-state index contributed by atoms with van der Waals surface area (Å²) in [6.45, 7) is 1.04. The Morgan fingerprint density at radius 3 is 2.86 bits per heavy atom. The van der Waals surface area contributed by atoms with Crippen LogP contribution in [0.25, 0.3) is 0 Å². The third kappa shape index (κ3) is 3.02. The minimum absolute atomic E-state index is 0.0420. The van der Waals surface area contributed by atoms with Gasteiger partial charge in [0.1, 0.15) is 0 Å². The van der Waals surface area contributed by atoms with E-state index in [1.165, 1.54) is 0 Å². The van der Waals surface area contributed by atoms with Crippen molar-refractivity contribution in [2.24, 2.45) is 5.92 Å². The minimum atomic E-state index is 0.0420. The normalized spacial score (nSPS) is 27.7. The molecule has 0 saturated carbocycles. The second-order valence-electron chi connectivity index (χ2n) is 5.89. The van der Waals surface area contributed by atoms with Crippen LogP contribution in [-0.4, -0.2) is 24.4 Å². The zero-order valence-electron chi connectivity index (χ0n) is 11.9. The Morgan fingerprint density at radius 1 is 1.24 bits per heavy atom. The largest absolute Gasteiger partial charge is 0.396 e. The third-order valence-electron chi connectivity index (χ3n) is 4.56. The number of nitrogens with one attached hydrogen (secondary N) is 1. The Bertz CT molecular complexity index is 509. The molecule has 0 bridgehead atoms. The van der Waals surface area contributed by atoms with E-state index in [2.05, 4.69) is 5.32 Å². The van der Waals surface area contributed by atoms with E-state index in [1.54, 1.807) is 0 Å². The lowest BCUT2D eigenvalue weighted by molar-refractivity contribution is -0.0386. The van der Waals surface area contributed by atoms with Crippen molar-refractivity contribution < 1.29 is 9.84 Å². The summed E-state index contributed by atoms with van der Waals surface area (Å²) < 4.78 is 6.05. The number of unbranched alkanes of at least 4 members (excludes halogenated alkanes) is 1. The fourth-order valence-corrected chi connectivity index (χ4v) is 4.05. The molecule has 2 aliphatic heterocycles. The highest BCUT2D eigenvalue weighted by Gasteiger charge is 2.40. The molecule has 0 radical (unpaired) electrons. The highest BCUT2D eigenvalue weighted by atomic mass is 35.5. The van der Waals surface area contributed by atoms with Gasteiger partial charge in [0.05, 0.1) is 16.8 Å². The van der Waals surface area contributed by atoms with Crippen molar-refractivity contribution in [2.75, 3.05) is 18.5 Å². The lowest BCUT2D eigenvalue weighted by Gasteiger charge is -2.44. The molecule has 1 fully saturated rings. The molecule has 2 aliphatic rings. The first-order chi connectivity index (χ1) is 10.2.